The average molecular weight is 716 g/mol. The number of rotatable bonds is 11. The van der Waals surface area contributed by atoms with Gasteiger partial charge in [0, 0.05) is 17.5 Å². The third-order valence-electron chi connectivity index (χ3n) is 7.95. The standard InChI is InChI=1S/C35H29N10.BrH.2Na/c1-2-3-12-33-32(21-24-13-17-26(18-14-24)28-8-4-6-10-30(28)34-37-41-42-38-34)36-23-45(33)22-25-15-19-27(20-16-25)29-9-5-7-11-31(29)35-39-43-44-40-35;;;/h4-11,13-20H,2-3,12,21-22H2,1H3;1H;;/q-1;;2*+1/p-1. The SMILES string of the molecule is CCCCC1=C(Cc2ccc(-c3ccccc3-c3nn[n-]n3)cc2)N=[C+]N1Cc1ccc(-c2ccccc2-c2nn[n-]n2)cc1.[Br-].[Na+].[Na+]. The maximum atomic E-state index is 4.78. The predicted octanol–water partition coefficient (Wildman–Crippen LogP) is -2.98. The summed E-state index contributed by atoms with van der Waals surface area (Å²) >= 11 is 0. The van der Waals surface area contributed by atoms with Gasteiger partial charge < -0.3 is 27.2 Å². The molecule has 228 valence electrons. The molecule has 0 bridgehead atoms. The van der Waals surface area contributed by atoms with E-state index in [9.17, 15) is 0 Å². The Morgan fingerprint density at radius 1 is 0.646 bits per heavy atom. The normalized spacial score (nSPS) is 11.8. The van der Waals surface area contributed by atoms with E-state index in [1.54, 1.807) is 0 Å². The fourth-order valence-electron chi connectivity index (χ4n) is 5.63. The molecule has 0 amide bonds. The van der Waals surface area contributed by atoms with Gasteiger partial charge in [0.25, 0.3) is 6.34 Å². The van der Waals surface area contributed by atoms with Gasteiger partial charge in [0.1, 0.15) is 0 Å². The van der Waals surface area contributed by atoms with E-state index in [1.807, 2.05) is 36.4 Å². The van der Waals surface area contributed by atoms with Gasteiger partial charge >= 0.3 is 59.1 Å². The number of hydrogen-bond acceptors (Lipinski definition) is 8. The van der Waals surface area contributed by atoms with Gasteiger partial charge in [-0.2, -0.15) is 4.90 Å². The summed E-state index contributed by atoms with van der Waals surface area (Å²) in [5, 5.41) is 30.8. The molecule has 4 aromatic carbocycles. The van der Waals surface area contributed by atoms with Gasteiger partial charge in [-0.25, -0.2) is 10.2 Å². The van der Waals surface area contributed by atoms with Gasteiger partial charge in [-0.1, -0.05) is 110 Å². The Kier molecular flexibility index (Phi) is 13.9. The molecule has 0 spiro atoms. The third kappa shape index (κ3) is 8.42. The Bertz CT molecular complexity index is 1940. The van der Waals surface area contributed by atoms with E-state index in [2.05, 4.69) is 120 Å². The first-order chi connectivity index (χ1) is 22.3. The van der Waals surface area contributed by atoms with Crippen LogP contribution in [0.1, 0.15) is 37.3 Å². The molecule has 0 saturated heterocycles. The molecule has 3 heterocycles. The predicted molar refractivity (Wildman–Crippen MR) is 171 cm³/mol. The van der Waals surface area contributed by atoms with Gasteiger partial charge in [-0.3, -0.25) is 20.9 Å². The molecule has 1 aliphatic rings. The van der Waals surface area contributed by atoms with Crippen molar-refractivity contribution in [3.63, 3.8) is 0 Å². The van der Waals surface area contributed by atoms with Crippen LogP contribution in [0.5, 0.6) is 0 Å². The summed E-state index contributed by atoms with van der Waals surface area (Å²) in [6, 6.07) is 33.3. The van der Waals surface area contributed by atoms with E-state index in [-0.39, 0.29) is 76.1 Å². The fourth-order valence-corrected chi connectivity index (χ4v) is 5.63. The number of tetrazole rings is 2. The van der Waals surface area contributed by atoms with Crippen LogP contribution in [0.4, 0.5) is 0 Å². The third-order valence-corrected chi connectivity index (χ3v) is 7.95. The molecule has 10 nitrogen and oxygen atoms in total. The van der Waals surface area contributed by atoms with E-state index in [0.717, 1.165) is 64.8 Å². The minimum atomic E-state index is 0. The van der Waals surface area contributed by atoms with E-state index in [1.165, 1.54) is 16.8 Å². The van der Waals surface area contributed by atoms with E-state index in [0.29, 0.717) is 18.2 Å². The topological polar surface area (TPSA) is 121 Å². The summed E-state index contributed by atoms with van der Waals surface area (Å²) in [5.41, 5.74) is 10.8. The van der Waals surface area contributed by atoms with Gasteiger partial charge in [-0.15, -0.1) is 0 Å². The first kappa shape index (κ1) is 37.4. The Morgan fingerprint density at radius 3 is 1.62 bits per heavy atom. The minimum absolute atomic E-state index is 0. The molecule has 1 aliphatic heterocycles. The van der Waals surface area contributed by atoms with Crippen LogP contribution in [0, 0.1) is 0 Å². The van der Waals surface area contributed by atoms with Crippen LogP contribution < -0.4 is 86.5 Å². The number of allylic oxidation sites excluding steroid dienone is 2. The number of benzene rings is 4. The van der Waals surface area contributed by atoms with Crippen LogP contribution in [-0.4, -0.2) is 42.1 Å². The number of hydrogen-bond donors (Lipinski definition) is 0. The summed E-state index contributed by atoms with van der Waals surface area (Å²) in [5.74, 6) is 1.05. The van der Waals surface area contributed by atoms with E-state index < -0.39 is 0 Å². The number of unbranched alkanes of at least 4 members (excludes halogenated alkanes) is 1. The molecule has 0 saturated carbocycles. The largest absolute Gasteiger partial charge is 1.00 e. The van der Waals surface area contributed by atoms with Gasteiger partial charge in [0.15, 0.2) is 5.70 Å². The molecule has 0 atom stereocenters. The molecular weight excluding hydrogens is 686 g/mol. The number of halogens is 1. The van der Waals surface area contributed by atoms with Gasteiger partial charge in [0.2, 0.25) is 5.70 Å². The Labute approximate surface area is 334 Å². The first-order valence-corrected chi connectivity index (χ1v) is 15.0. The first-order valence-electron chi connectivity index (χ1n) is 15.0. The zero-order valence-electron chi connectivity index (χ0n) is 27.1. The van der Waals surface area contributed by atoms with Gasteiger partial charge in [0.05, 0.1) is 24.6 Å². The van der Waals surface area contributed by atoms with Crippen molar-refractivity contribution in [1.82, 2.24) is 46.1 Å². The van der Waals surface area contributed by atoms with Crippen molar-refractivity contribution in [2.24, 2.45) is 4.99 Å². The molecule has 13 heteroatoms. The molecule has 0 aliphatic carbocycles. The summed E-state index contributed by atoms with van der Waals surface area (Å²) in [4.78, 5) is 6.95. The quantitative estimate of drug-likeness (QED) is 0.102. The summed E-state index contributed by atoms with van der Waals surface area (Å²) in [7, 11) is 0. The van der Waals surface area contributed by atoms with Crippen molar-refractivity contribution in [2.45, 2.75) is 39.2 Å². The summed E-state index contributed by atoms with van der Waals surface area (Å²) in [6.07, 6.45) is 7.21. The van der Waals surface area contributed by atoms with Crippen LogP contribution in [0.15, 0.2) is 113 Å². The monoisotopic (exact) mass is 714 g/mol. The molecule has 6 aromatic rings. The zero-order valence-corrected chi connectivity index (χ0v) is 32.7. The average Bonchev–Trinajstić information content (AvgIpc) is 3.89. The van der Waals surface area contributed by atoms with Crippen LogP contribution >= 0.6 is 0 Å². The summed E-state index contributed by atoms with van der Waals surface area (Å²) < 4.78 is 0. The van der Waals surface area contributed by atoms with Crippen LogP contribution in [-0.2, 0) is 13.0 Å². The van der Waals surface area contributed by atoms with Crippen molar-refractivity contribution in [2.75, 3.05) is 0 Å². The Hall–Kier alpha value is -3.38. The molecule has 48 heavy (non-hydrogen) atoms. The molecule has 0 radical (unpaired) electrons. The zero-order chi connectivity index (χ0) is 30.4. The smallest absolute Gasteiger partial charge is 1.00 e. The minimum Gasteiger partial charge on any atom is -1.00 e. The molecule has 0 N–H and O–H groups in total. The number of nitrogens with zero attached hydrogens (tertiary/aromatic N) is 10. The Balaban J connectivity index is 0.00000173. The van der Waals surface area contributed by atoms with Crippen LogP contribution in [0.2, 0.25) is 0 Å². The second-order valence-electron chi connectivity index (χ2n) is 10.9. The maximum Gasteiger partial charge on any atom is 1.00 e. The van der Waals surface area contributed by atoms with Crippen molar-refractivity contribution in [3.05, 3.63) is 120 Å². The van der Waals surface area contributed by atoms with Crippen LogP contribution in [0.25, 0.3) is 45.0 Å². The number of aromatic nitrogens is 8. The molecule has 2 aromatic heterocycles. The van der Waals surface area contributed by atoms with Crippen molar-refractivity contribution >= 4 is 6.34 Å². The number of aliphatic imine (C=N–C) groups is 1. The van der Waals surface area contributed by atoms with E-state index >= 15 is 0 Å². The van der Waals surface area contributed by atoms with Crippen LogP contribution in [0.3, 0.4) is 0 Å². The molecule has 0 fully saturated rings. The molecule has 7 rings (SSSR count). The van der Waals surface area contributed by atoms with Crippen molar-refractivity contribution in [3.8, 4) is 45.0 Å². The molecule has 0 unspecified atom stereocenters. The van der Waals surface area contributed by atoms with Crippen molar-refractivity contribution in [1.29, 1.82) is 0 Å². The fraction of sp³-hybridized carbons (Fsp3) is 0.171. The second-order valence-corrected chi connectivity index (χ2v) is 10.9. The molecular formula is C35H29BrN10Na2. The van der Waals surface area contributed by atoms with Crippen molar-refractivity contribution < 1.29 is 76.1 Å². The Morgan fingerprint density at radius 2 is 1.15 bits per heavy atom. The second kappa shape index (κ2) is 17.9. The van der Waals surface area contributed by atoms with E-state index in [4.69, 9.17) is 4.99 Å². The maximum absolute atomic E-state index is 4.78. The summed E-state index contributed by atoms with van der Waals surface area (Å²) in [6.45, 7) is 2.92. The van der Waals surface area contributed by atoms with Gasteiger partial charge in [-0.05, 0) is 44.8 Å².